The van der Waals surface area contributed by atoms with Crippen LogP contribution in [0.15, 0.2) is 28.8 Å². The molecule has 1 aromatic rings. The van der Waals surface area contributed by atoms with Gasteiger partial charge in [-0.25, -0.2) is 14.6 Å². The molecular formula is C14H18N4O3S. The summed E-state index contributed by atoms with van der Waals surface area (Å²) in [5.41, 5.74) is 1.07. The number of hydrogen-bond acceptors (Lipinski definition) is 5. The molecule has 7 nitrogen and oxygen atoms in total. The molecule has 0 radical (unpaired) electrons. The van der Waals surface area contributed by atoms with Gasteiger partial charge in [0.25, 0.3) is 0 Å². The van der Waals surface area contributed by atoms with E-state index >= 15 is 0 Å². The summed E-state index contributed by atoms with van der Waals surface area (Å²) in [5.74, 6) is 0.0850. The Hall–Kier alpha value is -1.96. The van der Waals surface area contributed by atoms with Gasteiger partial charge in [-0.15, -0.1) is 0 Å². The van der Waals surface area contributed by atoms with Crippen molar-refractivity contribution in [3.63, 3.8) is 0 Å². The summed E-state index contributed by atoms with van der Waals surface area (Å²) in [7, 11) is 0. The predicted octanol–water partition coefficient (Wildman–Crippen LogP) is 1.44. The van der Waals surface area contributed by atoms with Crippen molar-refractivity contribution in [1.29, 1.82) is 0 Å². The van der Waals surface area contributed by atoms with Crippen LogP contribution in [0.3, 0.4) is 0 Å². The predicted molar refractivity (Wildman–Crippen MR) is 81.4 cm³/mol. The number of amides is 2. The fourth-order valence-corrected chi connectivity index (χ4v) is 3.26. The molecule has 118 valence electrons. The molecule has 1 fully saturated rings. The van der Waals surface area contributed by atoms with Crippen molar-refractivity contribution in [2.45, 2.75) is 31.0 Å². The van der Waals surface area contributed by atoms with Crippen LogP contribution in [0.4, 0.5) is 4.79 Å². The Morgan fingerprint density at radius 2 is 2.36 bits per heavy atom. The van der Waals surface area contributed by atoms with E-state index in [4.69, 9.17) is 4.74 Å². The normalized spacial score (nSPS) is 18.0. The zero-order valence-electron chi connectivity index (χ0n) is 12.3. The summed E-state index contributed by atoms with van der Waals surface area (Å²) >= 11 is 1.51. The monoisotopic (exact) mass is 322 g/mol. The highest BCUT2D eigenvalue weighted by molar-refractivity contribution is 7.99. The molecule has 2 aliphatic rings. The van der Waals surface area contributed by atoms with Crippen molar-refractivity contribution in [2.75, 3.05) is 18.9 Å². The van der Waals surface area contributed by atoms with Crippen molar-refractivity contribution in [3.8, 4) is 0 Å². The van der Waals surface area contributed by atoms with E-state index in [0.29, 0.717) is 29.7 Å². The molecule has 0 saturated heterocycles. The lowest BCUT2D eigenvalue weighted by Crippen LogP contribution is -2.44. The number of carbonyl (C=O) groups is 2. The van der Waals surface area contributed by atoms with E-state index in [1.165, 1.54) is 24.6 Å². The van der Waals surface area contributed by atoms with Gasteiger partial charge in [-0.1, -0.05) is 11.8 Å². The molecule has 0 aromatic carbocycles. The lowest BCUT2D eigenvalue weighted by Gasteiger charge is -2.21. The van der Waals surface area contributed by atoms with E-state index in [1.54, 1.807) is 13.1 Å². The van der Waals surface area contributed by atoms with Crippen molar-refractivity contribution in [2.24, 2.45) is 0 Å². The Balaban J connectivity index is 1.73. The lowest BCUT2D eigenvalue weighted by molar-refractivity contribution is -0.138. The summed E-state index contributed by atoms with van der Waals surface area (Å²) < 4.78 is 7.19. The first kappa shape index (κ1) is 15.0. The fraction of sp³-hybridized carbons (Fsp3) is 0.500. The summed E-state index contributed by atoms with van der Waals surface area (Å²) in [4.78, 5) is 27.8. The largest absolute Gasteiger partial charge is 0.463 e. The number of esters is 1. The average Bonchev–Trinajstić information content (AvgIpc) is 3.24. The zero-order chi connectivity index (χ0) is 15.5. The number of rotatable bonds is 6. The van der Waals surface area contributed by atoms with Gasteiger partial charge in [0.15, 0.2) is 5.16 Å². The van der Waals surface area contributed by atoms with Gasteiger partial charge in [0.05, 0.1) is 18.7 Å². The number of ether oxygens (including phenoxy) is 1. The number of imidazole rings is 1. The van der Waals surface area contributed by atoms with Crippen molar-refractivity contribution >= 4 is 23.8 Å². The minimum absolute atomic E-state index is 0.192. The second kappa shape index (κ2) is 6.43. The maximum atomic E-state index is 12.0. The Morgan fingerprint density at radius 1 is 1.55 bits per heavy atom. The molecule has 0 spiro atoms. The molecule has 0 atom stereocenters. The van der Waals surface area contributed by atoms with Crippen LogP contribution in [0, 0.1) is 0 Å². The summed E-state index contributed by atoms with van der Waals surface area (Å²) in [6.07, 6.45) is 6.12. The van der Waals surface area contributed by atoms with E-state index in [9.17, 15) is 9.59 Å². The average molecular weight is 322 g/mol. The molecule has 0 bridgehead atoms. The number of nitrogens with one attached hydrogen (secondary N) is 2. The zero-order valence-corrected chi connectivity index (χ0v) is 13.1. The van der Waals surface area contributed by atoms with E-state index in [0.717, 1.165) is 5.16 Å². The van der Waals surface area contributed by atoms with E-state index < -0.39 is 5.97 Å². The van der Waals surface area contributed by atoms with Crippen LogP contribution >= 0.6 is 11.8 Å². The molecule has 2 heterocycles. The van der Waals surface area contributed by atoms with Crippen LogP contribution in [0.5, 0.6) is 0 Å². The van der Waals surface area contributed by atoms with E-state index in [1.807, 2.05) is 6.20 Å². The summed E-state index contributed by atoms with van der Waals surface area (Å²) in [5, 5.41) is 6.21. The molecule has 1 aromatic heterocycles. The standard InChI is InChI=1S/C14H18N4O3S/c1-2-21-12(19)10-7-16-13(20)17-11(10)8-22-14-15-5-6-18(14)9-3-4-9/h5-6,9H,2-4,7-8H2,1H3,(H2,16,17,20). The minimum atomic E-state index is -0.392. The number of aromatic nitrogens is 2. The van der Waals surface area contributed by atoms with Gasteiger partial charge < -0.3 is 19.9 Å². The minimum Gasteiger partial charge on any atom is -0.463 e. The summed E-state index contributed by atoms with van der Waals surface area (Å²) in [6.45, 7) is 2.26. The maximum Gasteiger partial charge on any atom is 0.337 e. The highest BCUT2D eigenvalue weighted by atomic mass is 32.2. The molecule has 1 saturated carbocycles. The van der Waals surface area contributed by atoms with Gasteiger partial charge in [-0.3, -0.25) is 0 Å². The Labute approximate surface area is 132 Å². The van der Waals surface area contributed by atoms with Crippen LogP contribution in [0.1, 0.15) is 25.8 Å². The second-order valence-electron chi connectivity index (χ2n) is 5.12. The van der Waals surface area contributed by atoms with E-state index in [2.05, 4.69) is 20.2 Å². The Bertz CT molecular complexity index is 621. The Morgan fingerprint density at radius 3 is 3.09 bits per heavy atom. The van der Waals surface area contributed by atoms with Crippen LogP contribution in [-0.2, 0) is 9.53 Å². The third-order valence-electron chi connectivity index (χ3n) is 3.50. The molecule has 3 rings (SSSR count). The van der Waals surface area contributed by atoms with Gasteiger partial charge in [-0.05, 0) is 19.8 Å². The molecular weight excluding hydrogens is 304 g/mol. The molecule has 22 heavy (non-hydrogen) atoms. The fourth-order valence-electron chi connectivity index (χ4n) is 2.25. The molecule has 1 aliphatic carbocycles. The first-order valence-corrected chi connectivity index (χ1v) is 8.27. The smallest absolute Gasteiger partial charge is 0.337 e. The van der Waals surface area contributed by atoms with Gasteiger partial charge >= 0.3 is 12.0 Å². The second-order valence-corrected chi connectivity index (χ2v) is 6.06. The number of urea groups is 1. The highest BCUT2D eigenvalue weighted by Gasteiger charge is 2.27. The molecule has 0 unspecified atom stereocenters. The lowest BCUT2D eigenvalue weighted by atomic mass is 10.2. The number of hydrogen-bond donors (Lipinski definition) is 2. The first-order valence-electron chi connectivity index (χ1n) is 7.28. The third kappa shape index (κ3) is 3.27. The number of thioether (sulfide) groups is 1. The van der Waals surface area contributed by atoms with Gasteiger partial charge in [0, 0.05) is 29.9 Å². The highest BCUT2D eigenvalue weighted by Crippen LogP contribution is 2.37. The Kier molecular flexibility index (Phi) is 4.37. The van der Waals surface area contributed by atoms with Gasteiger partial charge in [-0.2, -0.15) is 0 Å². The van der Waals surface area contributed by atoms with Crippen molar-refractivity contribution in [1.82, 2.24) is 20.2 Å². The van der Waals surface area contributed by atoms with Crippen LogP contribution in [-0.4, -0.2) is 40.5 Å². The topological polar surface area (TPSA) is 85.2 Å². The molecule has 2 amide bonds. The summed E-state index contributed by atoms with van der Waals surface area (Å²) in [6, 6.07) is 0.250. The molecule has 2 N–H and O–H groups in total. The number of nitrogens with zero attached hydrogens (tertiary/aromatic N) is 2. The maximum absolute atomic E-state index is 12.0. The SMILES string of the molecule is CCOC(=O)C1=C(CSc2nccn2C2CC2)NC(=O)NC1. The number of carbonyl (C=O) groups excluding carboxylic acids is 2. The molecule has 8 heteroatoms. The van der Waals surface area contributed by atoms with Crippen molar-refractivity contribution in [3.05, 3.63) is 23.7 Å². The van der Waals surface area contributed by atoms with Crippen LogP contribution in [0.2, 0.25) is 0 Å². The quantitative estimate of drug-likeness (QED) is 0.611. The van der Waals surface area contributed by atoms with Crippen LogP contribution < -0.4 is 10.6 Å². The third-order valence-corrected chi connectivity index (χ3v) is 4.50. The van der Waals surface area contributed by atoms with Crippen LogP contribution in [0.25, 0.3) is 0 Å². The van der Waals surface area contributed by atoms with E-state index in [-0.39, 0.29) is 12.6 Å². The molecule has 1 aliphatic heterocycles. The van der Waals surface area contributed by atoms with Crippen molar-refractivity contribution < 1.29 is 14.3 Å². The first-order chi connectivity index (χ1) is 10.7. The van der Waals surface area contributed by atoms with Gasteiger partial charge in [0.1, 0.15) is 0 Å². The van der Waals surface area contributed by atoms with Gasteiger partial charge in [0.2, 0.25) is 0 Å².